The lowest BCUT2D eigenvalue weighted by Crippen LogP contribution is -2.33. The maximum Gasteiger partial charge on any atom is 0.309 e. The highest BCUT2D eigenvalue weighted by atomic mass is 16.5. The summed E-state index contributed by atoms with van der Waals surface area (Å²) in [5.41, 5.74) is 8.06. The Kier molecular flexibility index (Phi) is 6.58. The van der Waals surface area contributed by atoms with Gasteiger partial charge in [0.25, 0.3) is 0 Å². The number of aromatic nitrogens is 1. The third-order valence-electron chi connectivity index (χ3n) is 4.09. The first kappa shape index (κ1) is 19.7. The zero-order valence-electron chi connectivity index (χ0n) is 15.4. The number of benzene rings is 1. The van der Waals surface area contributed by atoms with Crippen LogP contribution in [-0.2, 0) is 9.53 Å². The van der Waals surface area contributed by atoms with Gasteiger partial charge in [-0.15, -0.1) is 0 Å². The predicted octanol–water partition coefficient (Wildman–Crippen LogP) is 3.47. The molecule has 6 nitrogen and oxygen atoms in total. The van der Waals surface area contributed by atoms with Crippen LogP contribution in [0, 0.1) is 11.3 Å². The van der Waals surface area contributed by atoms with Gasteiger partial charge in [0.2, 0.25) is 5.88 Å². The molecule has 0 amide bonds. The number of nitrogens with two attached hydrogens (primary N) is 1. The molecular weight excluding hydrogens is 332 g/mol. The van der Waals surface area contributed by atoms with Crippen LogP contribution in [0.25, 0.3) is 11.1 Å². The van der Waals surface area contributed by atoms with Crippen LogP contribution in [0.5, 0.6) is 5.88 Å². The van der Waals surface area contributed by atoms with Crippen molar-refractivity contribution in [3.63, 3.8) is 0 Å². The molecule has 2 rings (SSSR count). The van der Waals surface area contributed by atoms with Crippen molar-refractivity contribution in [1.82, 2.24) is 4.98 Å². The lowest BCUT2D eigenvalue weighted by atomic mass is 9.81. The van der Waals surface area contributed by atoms with E-state index in [0.717, 1.165) is 16.8 Å². The molecule has 0 saturated carbocycles. The summed E-state index contributed by atoms with van der Waals surface area (Å²) < 4.78 is 11.0. The number of hydrogen-bond donors (Lipinski definition) is 2. The number of carboxylic acid groups (broad SMARTS) is 1. The zero-order chi connectivity index (χ0) is 19.2. The van der Waals surface area contributed by atoms with E-state index in [-0.39, 0.29) is 12.0 Å². The van der Waals surface area contributed by atoms with Crippen LogP contribution < -0.4 is 10.5 Å². The summed E-state index contributed by atoms with van der Waals surface area (Å²) in [7, 11) is 0. The molecule has 1 atom stereocenters. The number of hydrogen-bond acceptors (Lipinski definition) is 5. The fourth-order valence-electron chi connectivity index (χ4n) is 2.41. The molecule has 1 aromatic heterocycles. The maximum absolute atomic E-state index is 11.3. The van der Waals surface area contributed by atoms with Crippen molar-refractivity contribution in [3.8, 4) is 17.0 Å². The molecule has 0 spiro atoms. The molecule has 0 saturated heterocycles. The summed E-state index contributed by atoms with van der Waals surface area (Å²) in [6.07, 6.45) is 1.74. The van der Waals surface area contributed by atoms with Gasteiger partial charge < -0.3 is 20.3 Å². The van der Waals surface area contributed by atoms with Crippen molar-refractivity contribution in [2.45, 2.75) is 20.8 Å². The van der Waals surface area contributed by atoms with Gasteiger partial charge in [-0.25, -0.2) is 4.98 Å². The number of aliphatic carboxylic acids is 1. The number of nitrogens with zero attached hydrogens (tertiary/aromatic N) is 1. The fraction of sp³-hybridized carbons (Fsp3) is 0.400. The molecule has 0 fully saturated rings. The minimum Gasteiger partial charge on any atom is -0.481 e. The highest BCUT2D eigenvalue weighted by Gasteiger charge is 2.31. The van der Waals surface area contributed by atoms with Gasteiger partial charge >= 0.3 is 5.97 Å². The molecular formula is C20H26N2O4. The van der Waals surface area contributed by atoms with E-state index in [0.29, 0.717) is 19.1 Å². The first-order valence-electron chi connectivity index (χ1n) is 8.52. The van der Waals surface area contributed by atoms with E-state index in [1.807, 2.05) is 51.1 Å². The van der Waals surface area contributed by atoms with Crippen LogP contribution in [-0.4, -0.2) is 35.9 Å². The van der Waals surface area contributed by atoms with E-state index in [2.05, 4.69) is 4.98 Å². The molecule has 0 aliphatic rings. The lowest BCUT2D eigenvalue weighted by Gasteiger charge is -2.26. The molecule has 1 aromatic carbocycles. The SMILES string of the molecule is CC(C)(C)C(COCCOc1ccc(-c2ccc(N)cc2)cn1)C(=O)O. The molecule has 0 aliphatic carbocycles. The van der Waals surface area contributed by atoms with Gasteiger partial charge in [0.15, 0.2) is 0 Å². The number of carbonyl (C=O) groups is 1. The largest absolute Gasteiger partial charge is 0.481 e. The van der Waals surface area contributed by atoms with E-state index >= 15 is 0 Å². The average Bonchev–Trinajstić information content (AvgIpc) is 2.58. The van der Waals surface area contributed by atoms with Crippen LogP contribution >= 0.6 is 0 Å². The van der Waals surface area contributed by atoms with Crippen LogP contribution in [0.4, 0.5) is 5.69 Å². The number of rotatable bonds is 8. The second-order valence-electron chi connectivity index (χ2n) is 7.19. The number of anilines is 1. The second-order valence-corrected chi connectivity index (χ2v) is 7.19. The summed E-state index contributed by atoms with van der Waals surface area (Å²) in [6.45, 7) is 6.44. The highest BCUT2D eigenvalue weighted by molar-refractivity contribution is 5.71. The summed E-state index contributed by atoms with van der Waals surface area (Å²) in [6, 6.07) is 11.3. The molecule has 2 aromatic rings. The number of pyridine rings is 1. The minimum absolute atomic E-state index is 0.158. The van der Waals surface area contributed by atoms with Gasteiger partial charge in [-0.1, -0.05) is 32.9 Å². The van der Waals surface area contributed by atoms with E-state index in [4.69, 9.17) is 15.2 Å². The van der Waals surface area contributed by atoms with Crippen molar-refractivity contribution >= 4 is 11.7 Å². The average molecular weight is 358 g/mol. The van der Waals surface area contributed by atoms with Gasteiger partial charge in [0.05, 0.1) is 19.1 Å². The smallest absolute Gasteiger partial charge is 0.309 e. The second kappa shape index (κ2) is 8.67. The minimum atomic E-state index is -0.849. The van der Waals surface area contributed by atoms with Crippen LogP contribution in [0.3, 0.4) is 0 Å². The Morgan fingerprint density at radius 3 is 2.31 bits per heavy atom. The topological polar surface area (TPSA) is 94.7 Å². The Balaban J connectivity index is 1.78. The van der Waals surface area contributed by atoms with E-state index in [1.54, 1.807) is 12.3 Å². The van der Waals surface area contributed by atoms with E-state index < -0.39 is 11.9 Å². The molecule has 26 heavy (non-hydrogen) atoms. The van der Waals surface area contributed by atoms with Crippen molar-refractivity contribution in [1.29, 1.82) is 0 Å². The van der Waals surface area contributed by atoms with E-state index in [9.17, 15) is 9.90 Å². The monoisotopic (exact) mass is 358 g/mol. The lowest BCUT2D eigenvalue weighted by molar-refractivity contribution is -0.148. The molecule has 6 heteroatoms. The normalized spacial score (nSPS) is 12.6. The van der Waals surface area contributed by atoms with Crippen molar-refractivity contribution < 1.29 is 19.4 Å². The van der Waals surface area contributed by atoms with E-state index in [1.165, 1.54) is 0 Å². The van der Waals surface area contributed by atoms with Gasteiger partial charge in [0, 0.05) is 23.5 Å². The first-order chi connectivity index (χ1) is 12.3. The predicted molar refractivity (Wildman–Crippen MR) is 101 cm³/mol. The summed E-state index contributed by atoms with van der Waals surface area (Å²) in [5, 5.41) is 9.25. The molecule has 140 valence electrons. The standard InChI is InChI=1S/C20H26N2O4/c1-20(2,3)17(19(23)24)13-25-10-11-26-18-9-6-15(12-22-18)14-4-7-16(21)8-5-14/h4-9,12,17H,10-11,13,21H2,1-3H3,(H,23,24). The summed E-state index contributed by atoms with van der Waals surface area (Å²) in [4.78, 5) is 15.5. The third-order valence-corrected chi connectivity index (χ3v) is 4.09. The molecule has 0 radical (unpaired) electrons. The van der Waals surface area contributed by atoms with Gasteiger partial charge in [-0.3, -0.25) is 4.79 Å². The quantitative estimate of drug-likeness (QED) is 0.554. The Morgan fingerprint density at radius 1 is 1.12 bits per heavy atom. The molecule has 0 bridgehead atoms. The Hall–Kier alpha value is -2.60. The fourth-order valence-corrected chi connectivity index (χ4v) is 2.41. The molecule has 1 heterocycles. The molecule has 0 aliphatic heterocycles. The maximum atomic E-state index is 11.3. The highest BCUT2D eigenvalue weighted by Crippen LogP contribution is 2.26. The van der Waals surface area contributed by atoms with Gasteiger partial charge in [0.1, 0.15) is 6.61 Å². The van der Waals surface area contributed by atoms with Gasteiger partial charge in [-0.05, 0) is 29.2 Å². The first-order valence-corrected chi connectivity index (χ1v) is 8.52. The Morgan fingerprint density at radius 2 is 1.77 bits per heavy atom. The summed E-state index contributed by atoms with van der Waals surface area (Å²) >= 11 is 0. The van der Waals surface area contributed by atoms with Crippen LogP contribution in [0.15, 0.2) is 42.6 Å². The van der Waals surface area contributed by atoms with Crippen molar-refractivity contribution in [2.75, 3.05) is 25.6 Å². The number of nitrogen functional groups attached to an aromatic ring is 1. The number of ether oxygens (including phenoxy) is 2. The van der Waals surface area contributed by atoms with Crippen LogP contribution in [0.2, 0.25) is 0 Å². The molecule has 3 N–H and O–H groups in total. The number of carboxylic acids is 1. The van der Waals surface area contributed by atoms with Gasteiger partial charge in [-0.2, -0.15) is 0 Å². The third kappa shape index (κ3) is 5.74. The molecule has 1 unspecified atom stereocenters. The van der Waals surface area contributed by atoms with Crippen LogP contribution in [0.1, 0.15) is 20.8 Å². The Bertz CT molecular complexity index is 706. The van der Waals surface area contributed by atoms with Crippen molar-refractivity contribution in [3.05, 3.63) is 42.6 Å². The van der Waals surface area contributed by atoms with Crippen molar-refractivity contribution in [2.24, 2.45) is 11.3 Å². The Labute approximate surface area is 154 Å². The zero-order valence-corrected chi connectivity index (χ0v) is 15.4. The summed E-state index contributed by atoms with van der Waals surface area (Å²) in [5.74, 6) is -0.906.